The van der Waals surface area contributed by atoms with Gasteiger partial charge in [-0.3, -0.25) is 14.5 Å². The van der Waals surface area contributed by atoms with E-state index in [0.29, 0.717) is 23.0 Å². The van der Waals surface area contributed by atoms with E-state index < -0.39 is 18.4 Å². The van der Waals surface area contributed by atoms with Crippen molar-refractivity contribution in [2.45, 2.75) is 6.92 Å². The fourth-order valence-corrected chi connectivity index (χ4v) is 3.60. The van der Waals surface area contributed by atoms with Gasteiger partial charge in [0.15, 0.2) is 0 Å². The Morgan fingerprint density at radius 1 is 1.31 bits per heavy atom. The van der Waals surface area contributed by atoms with Crippen LogP contribution < -0.4 is 4.74 Å². The van der Waals surface area contributed by atoms with Gasteiger partial charge in [0.1, 0.15) is 28.1 Å². The van der Waals surface area contributed by atoms with Crippen LogP contribution in [0.4, 0.5) is 0 Å². The number of furan rings is 1. The summed E-state index contributed by atoms with van der Waals surface area (Å²) in [7, 11) is 0. The number of benzene rings is 1. The zero-order chi connectivity index (χ0) is 18.7. The van der Waals surface area contributed by atoms with Crippen LogP contribution in [0.15, 0.2) is 45.7 Å². The molecule has 0 atom stereocenters. The molecule has 1 amide bonds. The highest BCUT2D eigenvalue weighted by Gasteiger charge is 2.33. The molecule has 0 radical (unpaired) electrons. The molecule has 0 bridgehead atoms. The van der Waals surface area contributed by atoms with E-state index in [-0.39, 0.29) is 4.32 Å². The van der Waals surface area contributed by atoms with Crippen LogP contribution in [-0.2, 0) is 9.59 Å². The minimum absolute atomic E-state index is 0.224. The minimum atomic E-state index is -1.11. The van der Waals surface area contributed by atoms with Crippen LogP contribution in [0.3, 0.4) is 0 Å². The average Bonchev–Trinajstić information content (AvgIpc) is 3.16. The van der Waals surface area contributed by atoms with E-state index in [1.165, 1.54) is 0 Å². The lowest BCUT2D eigenvalue weighted by Gasteiger charge is -2.09. The summed E-state index contributed by atoms with van der Waals surface area (Å²) in [5.74, 6) is 0.384. The second-order valence-corrected chi connectivity index (χ2v) is 7.00. The predicted octanol–water partition coefficient (Wildman–Crippen LogP) is 3.63. The van der Waals surface area contributed by atoms with E-state index in [2.05, 4.69) is 0 Å². The summed E-state index contributed by atoms with van der Waals surface area (Å²) >= 11 is 6.13. The Hall–Kier alpha value is -2.58. The highest BCUT2D eigenvalue weighted by atomic mass is 32.2. The first-order chi connectivity index (χ1) is 12.5. The van der Waals surface area contributed by atoms with Crippen molar-refractivity contribution in [2.24, 2.45) is 0 Å². The van der Waals surface area contributed by atoms with Gasteiger partial charge in [0.25, 0.3) is 5.91 Å². The maximum absolute atomic E-state index is 12.3. The first-order valence-electron chi connectivity index (χ1n) is 7.78. The lowest BCUT2D eigenvalue weighted by Crippen LogP contribution is -2.33. The van der Waals surface area contributed by atoms with Gasteiger partial charge in [0, 0.05) is 11.6 Å². The number of nitrogens with zero attached hydrogens (tertiary/aromatic N) is 1. The lowest BCUT2D eigenvalue weighted by molar-refractivity contribution is -0.140. The number of hydrogen-bond donors (Lipinski definition) is 1. The second-order valence-electron chi connectivity index (χ2n) is 5.32. The molecule has 1 aliphatic heterocycles. The van der Waals surface area contributed by atoms with Gasteiger partial charge < -0.3 is 14.3 Å². The fraction of sp³-hybridized carbons (Fsp3) is 0.167. The summed E-state index contributed by atoms with van der Waals surface area (Å²) < 4.78 is 11.4. The predicted molar refractivity (Wildman–Crippen MR) is 103 cm³/mol. The third-order valence-electron chi connectivity index (χ3n) is 3.52. The molecule has 2 heterocycles. The highest BCUT2D eigenvalue weighted by Crippen LogP contribution is 2.33. The summed E-state index contributed by atoms with van der Waals surface area (Å²) in [6.45, 7) is 2.08. The number of hydrogen-bond acceptors (Lipinski definition) is 6. The molecule has 1 aliphatic rings. The number of carboxylic acid groups (broad SMARTS) is 1. The Kier molecular flexibility index (Phi) is 5.43. The van der Waals surface area contributed by atoms with Crippen LogP contribution >= 0.6 is 24.0 Å². The molecule has 0 unspecified atom stereocenters. The van der Waals surface area contributed by atoms with E-state index in [4.69, 9.17) is 26.5 Å². The molecule has 6 nitrogen and oxygen atoms in total. The number of carboxylic acids is 1. The number of thiocarbonyl (C=S) groups is 1. The van der Waals surface area contributed by atoms with Crippen LogP contribution in [0, 0.1) is 0 Å². The van der Waals surface area contributed by atoms with Gasteiger partial charge in [-0.05, 0) is 43.3 Å². The molecule has 0 aliphatic carbocycles. The van der Waals surface area contributed by atoms with Gasteiger partial charge in [-0.25, -0.2) is 0 Å². The van der Waals surface area contributed by atoms with Gasteiger partial charge in [-0.2, -0.15) is 0 Å². The summed E-state index contributed by atoms with van der Waals surface area (Å²) in [5, 5.41) is 8.86. The van der Waals surface area contributed by atoms with Gasteiger partial charge in [-0.15, -0.1) is 0 Å². The van der Waals surface area contributed by atoms with Crippen molar-refractivity contribution in [1.29, 1.82) is 0 Å². The third kappa shape index (κ3) is 3.97. The van der Waals surface area contributed by atoms with Crippen molar-refractivity contribution < 1.29 is 23.8 Å². The van der Waals surface area contributed by atoms with Gasteiger partial charge in [0.05, 0.1) is 11.5 Å². The Balaban J connectivity index is 1.77. The van der Waals surface area contributed by atoms with E-state index in [9.17, 15) is 9.59 Å². The molecular weight excluding hydrogens is 374 g/mol. The highest BCUT2D eigenvalue weighted by molar-refractivity contribution is 8.26. The molecule has 1 aromatic heterocycles. The molecule has 134 valence electrons. The van der Waals surface area contributed by atoms with Gasteiger partial charge in [0.2, 0.25) is 0 Å². The molecule has 26 heavy (non-hydrogen) atoms. The monoisotopic (exact) mass is 389 g/mol. The zero-order valence-corrected chi connectivity index (χ0v) is 15.4. The Bertz CT molecular complexity index is 885. The number of carbonyl (C=O) groups excluding carboxylic acids is 1. The van der Waals surface area contributed by atoms with Crippen molar-refractivity contribution in [3.05, 3.63) is 47.1 Å². The molecule has 0 saturated carbocycles. The summed E-state index contributed by atoms with van der Waals surface area (Å²) in [4.78, 5) is 24.5. The van der Waals surface area contributed by atoms with Crippen LogP contribution in [0.2, 0.25) is 0 Å². The number of ether oxygens (including phenoxy) is 1. The summed E-state index contributed by atoms with van der Waals surface area (Å²) in [6, 6.07) is 11.0. The summed E-state index contributed by atoms with van der Waals surface area (Å²) in [6.07, 6.45) is 1.57. The van der Waals surface area contributed by atoms with E-state index in [1.807, 2.05) is 31.2 Å². The van der Waals surface area contributed by atoms with E-state index in [0.717, 1.165) is 28.0 Å². The lowest BCUT2D eigenvalue weighted by atomic mass is 10.2. The maximum atomic E-state index is 12.3. The maximum Gasteiger partial charge on any atom is 0.323 e. The van der Waals surface area contributed by atoms with Gasteiger partial charge >= 0.3 is 5.97 Å². The smallest absolute Gasteiger partial charge is 0.323 e. The number of thioether (sulfide) groups is 1. The second kappa shape index (κ2) is 7.76. The number of aliphatic carboxylic acids is 1. The topological polar surface area (TPSA) is 80.0 Å². The zero-order valence-electron chi connectivity index (χ0n) is 13.8. The molecule has 1 N–H and O–H groups in total. The van der Waals surface area contributed by atoms with Gasteiger partial charge in [-0.1, -0.05) is 24.0 Å². The van der Waals surface area contributed by atoms with Crippen LogP contribution in [0.1, 0.15) is 12.7 Å². The molecule has 0 spiro atoms. The van der Waals surface area contributed by atoms with Crippen molar-refractivity contribution in [2.75, 3.05) is 13.2 Å². The average molecular weight is 389 g/mol. The van der Waals surface area contributed by atoms with E-state index in [1.54, 1.807) is 18.2 Å². The minimum Gasteiger partial charge on any atom is -0.494 e. The van der Waals surface area contributed by atoms with Crippen molar-refractivity contribution >= 4 is 46.3 Å². The molecule has 3 rings (SSSR count). The number of amides is 1. The van der Waals surface area contributed by atoms with Crippen LogP contribution in [-0.4, -0.2) is 39.4 Å². The van der Waals surface area contributed by atoms with Crippen LogP contribution in [0.5, 0.6) is 5.75 Å². The molecule has 2 aromatic rings. The molecular formula is C18H15NO5S2. The first-order valence-corrected chi connectivity index (χ1v) is 9.00. The van der Waals surface area contributed by atoms with Crippen molar-refractivity contribution in [3.63, 3.8) is 0 Å². The first kappa shape index (κ1) is 18.2. The Labute approximate surface area is 159 Å². The van der Waals surface area contributed by atoms with E-state index >= 15 is 0 Å². The number of rotatable bonds is 6. The largest absolute Gasteiger partial charge is 0.494 e. The standard InChI is InChI=1S/C18H15NO5S2/c1-2-23-12-5-3-11(4-6-12)14-8-7-13(24-14)9-15-17(22)19(10-16(20)21)18(25)26-15/h3-9H,2,10H2,1H3,(H,20,21)/b15-9-. The fourth-order valence-electron chi connectivity index (χ4n) is 2.37. The molecule has 1 aromatic carbocycles. The van der Waals surface area contributed by atoms with Crippen molar-refractivity contribution in [3.8, 4) is 17.1 Å². The Morgan fingerprint density at radius 2 is 2.04 bits per heavy atom. The summed E-state index contributed by atoms with van der Waals surface area (Å²) in [5.41, 5.74) is 0.881. The quantitative estimate of drug-likeness (QED) is 0.597. The molecule has 1 fully saturated rings. The number of carbonyl (C=O) groups is 2. The van der Waals surface area contributed by atoms with Crippen molar-refractivity contribution in [1.82, 2.24) is 4.90 Å². The normalized spacial score (nSPS) is 15.7. The SMILES string of the molecule is CCOc1ccc(-c2ccc(/C=C3\SC(=S)N(CC(=O)O)C3=O)o2)cc1. The molecule has 8 heteroatoms. The third-order valence-corrected chi connectivity index (χ3v) is 4.89. The Morgan fingerprint density at radius 3 is 2.69 bits per heavy atom. The molecule has 1 saturated heterocycles. The van der Waals surface area contributed by atoms with Crippen LogP contribution in [0.25, 0.3) is 17.4 Å².